The monoisotopic (exact) mass is 282 g/mol. The van der Waals surface area contributed by atoms with Crippen LogP contribution in [0, 0.1) is 5.41 Å². The van der Waals surface area contributed by atoms with E-state index in [0.29, 0.717) is 5.91 Å². The Kier molecular flexibility index (Phi) is 5.08. The lowest BCUT2D eigenvalue weighted by atomic mass is 9.77. The molecule has 2 saturated heterocycles. The second-order valence-electron chi connectivity index (χ2n) is 6.34. The van der Waals surface area contributed by atoms with Crippen LogP contribution >= 0.6 is 0 Å². The van der Waals surface area contributed by atoms with Gasteiger partial charge in [-0.05, 0) is 32.1 Å². The molecular formula is C16H30N2O2. The summed E-state index contributed by atoms with van der Waals surface area (Å²) in [6.07, 6.45) is 4.77. The summed E-state index contributed by atoms with van der Waals surface area (Å²) in [5, 5.41) is 3.42. The summed E-state index contributed by atoms with van der Waals surface area (Å²) in [6, 6.07) is 0. The fraction of sp³-hybridized carbons (Fsp3) is 0.938. The number of hydrogen-bond acceptors (Lipinski definition) is 3. The highest BCUT2D eigenvalue weighted by Crippen LogP contribution is 2.35. The number of morpholine rings is 1. The van der Waals surface area contributed by atoms with Crippen molar-refractivity contribution >= 4 is 5.91 Å². The van der Waals surface area contributed by atoms with Crippen LogP contribution in [0.3, 0.4) is 0 Å². The molecule has 0 aliphatic carbocycles. The van der Waals surface area contributed by atoms with Gasteiger partial charge in [-0.15, -0.1) is 0 Å². The van der Waals surface area contributed by atoms with E-state index in [-0.39, 0.29) is 11.0 Å². The second kappa shape index (κ2) is 6.44. The third-order valence-corrected chi connectivity index (χ3v) is 5.58. The highest BCUT2D eigenvalue weighted by atomic mass is 16.5. The van der Waals surface area contributed by atoms with Crippen molar-refractivity contribution in [2.24, 2.45) is 5.41 Å². The zero-order valence-corrected chi connectivity index (χ0v) is 13.3. The van der Waals surface area contributed by atoms with E-state index in [1.54, 1.807) is 0 Å². The number of carbonyl (C=O) groups is 1. The third kappa shape index (κ3) is 2.86. The summed E-state index contributed by atoms with van der Waals surface area (Å²) >= 11 is 0. The van der Waals surface area contributed by atoms with E-state index < -0.39 is 0 Å². The summed E-state index contributed by atoms with van der Waals surface area (Å²) < 4.78 is 6.00. The first-order valence-electron chi connectivity index (χ1n) is 8.25. The lowest BCUT2D eigenvalue weighted by Gasteiger charge is -2.46. The van der Waals surface area contributed by atoms with Gasteiger partial charge in [-0.25, -0.2) is 0 Å². The first kappa shape index (κ1) is 15.8. The number of amides is 1. The quantitative estimate of drug-likeness (QED) is 0.859. The molecule has 0 aromatic carbocycles. The minimum atomic E-state index is -0.143. The van der Waals surface area contributed by atoms with Gasteiger partial charge in [0.2, 0.25) is 5.91 Å². The maximum absolute atomic E-state index is 12.9. The number of ether oxygens (including phenoxy) is 1. The summed E-state index contributed by atoms with van der Waals surface area (Å²) in [6.45, 7) is 10.8. The van der Waals surface area contributed by atoms with E-state index in [0.717, 1.165) is 64.9 Å². The molecule has 0 aromatic rings. The summed E-state index contributed by atoms with van der Waals surface area (Å²) in [4.78, 5) is 14.9. The largest absolute Gasteiger partial charge is 0.372 e. The average Bonchev–Trinajstić information content (AvgIpc) is 2.51. The number of rotatable bonds is 4. The normalized spacial score (nSPS) is 23.1. The van der Waals surface area contributed by atoms with Crippen molar-refractivity contribution in [2.75, 3.05) is 32.8 Å². The lowest BCUT2D eigenvalue weighted by Crippen LogP contribution is -2.57. The number of nitrogens with one attached hydrogen (secondary N) is 1. The molecule has 2 rings (SSSR count). The van der Waals surface area contributed by atoms with Gasteiger partial charge in [-0.3, -0.25) is 4.79 Å². The van der Waals surface area contributed by atoms with Crippen LogP contribution in [0.15, 0.2) is 0 Å². The Bertz CT molecular complexity index is 315. The molecule has 1 spiro atoms. The van der Waals surface area contributed by atoms with Gasteiger partial charge in [-0.1, -0.05) is 20.8 Å². The van der Waals surface area contributed by atoms with Crippen molar-refractivity contribution in [1.29, 1.82) is 0 Å². The van der Waals surface area contributed by atoms with Crippen molar-refractivity contribution in [3.63, 3.8) is 0 Å². The molecule has 2 aliphatic heterocycles. The van der Waals surface area contributed by atoms with Gasteiger partial charge in [0.1, 0.15) is 0 Å². The predicted molar refractivity (Wildman–Crippen MR) is 80.7 cm³/mol. The van der Waals surface area contributed by atoms with Crippen LogP contribution in [0.1, 0.15) is 52.9 Å². The molecule has 0 aromatic heterocycles. The van der Waals surface area contributed by atoms with Gasteiger partial charge in [0.05, 0.1) is 12.2 Å². The number of hydrogen-bond donors (Lipinski definition) is 1. The topological polar surface area (TPSA) is 41.6 Å². The van der Waals surface area contributed by atoms with Crippen LogP contribution in [-0.2, 0) is 9.53 Å². The lowest BCUT2D eigenvalue weighted by molar-refractivity contribution is -0.151. The highest BCUT2D eigenvalue weighted by molar-refractivity contribution is 5.82. The second-order valence-corrected chi connectivity index (χ2v) is 6.34. The molecule has 4 nitrogen and oxygen atoms in total. The number of piperidine rings is 1. The van der Waals surface area contributed by atoms with Crippen LogP contribution in [0.4, 0.5) is 0 Å². The minimum absolute atomic E-state index is 0.0116. The Morgan fingerprint density at radius 3 is 2.25 bits per heavy atom. The Labute approximate surface area is 123 Å². The third-order valence-electron chi connectivity index (χ3n) is 5.58. The molecule has 116 valence electrons. The van der Waals surface area contributed by atoms with Crippen LogP contribution in [0.5, 0.6) is 0 Å². The van der Waals surface area contributed by atoms with Gasteiger partial charge >= 0.3 is 0 Å². The summed E-state index contributed by atoms with van der Waals surface area (Å²) in [7, 11) is 0. The SMILES string of the molecule is CCC(CC)(CC)C(=O)N1CCC2(CC1)CNCCO2. The maximum atomic E-state index is 12.9. The molecule has 0 bridgehead atoms. The Balaban J connectivity index is 1.97. The molecule has 0 unspecified atom stereocenters. The molecule has 2 heterocycles. The standard InChI is InChI=1S/C16H30N2O2/c1-4-15(5-2,6-3)14(19)18-10-7-16(8-11-18)13-17-9-12-20-16/h17H,4-13H2,1-3H3. The Morgan fingerprint density at radius 2 is 1.80 bits per heavy atom. The van der Waals surface area contributed by atoms with E-state index in [1.165, 1.54) is 0 Å². The van der Waals surface area contributed by atoms with E-state index in [9.17, 15) is 4.79 Å². The van der Waals surface area contributed by atoms with Crippen molar-refractivity contribution in [3.05, 3.63) is 0 Å². The average molecular weight is 282 g/mol. The Morgan fingerprint density at radius 1 is 1.20 bits per heavy atom. The zero-order valence-electron chi connectivity index (χ0n) is 13.3. The molecule has 0 saturated carbocycles. The number of nitrogens with zero attached hydrogens (tertiary/aromatic N) is 1. The number of likely N-dealkylation sites (tertiary alicyclic amines) is 1. The first-order valence-corrected chi connectivity index (χ1v) is 8.25. The fourth-order valence-corrected chi connectivity index (χ4v) is 3.68. The molecule has 0 radical (unpaired) electrons. The van der Waals surface area contributed by atoms with Gasteiger partial charge in [0.25, 0.3) is 0 Å². The molecule has 2 fully saturated rings. The molecule has 4 heteroatoms. The van der Waals surface area contributed by atoms with Crippen LogP contribution in [0.25, 0.3) is 0 Å². The Hall–Kier alpha value is -0.610. The number of carbonyl (C=O) groups excluding carboxylic acids is 1. The van der Waals surface area contributed by atoms with Gasteiger partial charge in [0, 0.05) is 31.6 Å². The predicted octanol–water partition coefficient (Wildman–Crippen LogP) is 2.18. The molecular weight excluding hydrogens is 252 g/mol. The molecule has 20 heavy (non-hydrogen) atoms. The van der Waals surface area contributed by atoms with Gasteiger partial charge in [-0.2, -0.15) is 0 Å². The zero-order chi connectivity index (χ0) is 14.6. The van der Waals surface area contributed by atoms with E-state index in [2.05, 4.69) is 31.0 Å². The van der Waals surface area contributed by atoms with Crippen LogP contribution in [0.2, 0.25) is 0 Å². The molecule has 1 amide bonds. The molecule has 2 aliphatic rings. The summed E-state index contributed by atoms with van der Waals surface area (Å²) in [5.74, 6) is 0.364. The minimum Gasteiger partial charge on any atom is -0.372 e. The highest BCUT2D eigenvalue weighted by Gasteiger charge is 2.42. The van der Waals surface area contributed by atoms with Crippen molar-refractivity contribution in [1.82, 2.24) is 10.2 Å². The smallest absolute Gasteiger partial charge is 0.228 e. The van der Waals surface area contributed by atoms with Crippen LogP contribution in [-0.4, -0.2) is 49.2 Å². The van der Waals surface area contributed by atoms with Crippen molar-refractivity contribution in [3.8, 4) is 0 Å². The van der Waals surface area contributed by atoms with E-state index in [1.807, 2.05) is 0 Å². The van der Waals surface area contributed by atoms with Crippen LogP contribution < -0.4 is 5.32 Å². The molecule has 0 atom stereocenters. The van der Waals surface area contributed by atoms with Gasteiger partial charge < -0.3 is 15.0 Å². The van der Waals surface area contributed by atoms with Crippen molar-refractivity contribution in [2.45, 2.75) is 58.5 Å². The first-order chi connectivity index (χ1) is 9.61. The van der Waals surface area contributed by atoms with E-state index in [4.69, 9.17) is 4.74 Å². The van der Waals surface area contributed by atoms with E-state index >= 15 is 0 Å². The van der Waals surface area contributed by atoms with Crippen molar-refractivity contribution < 1.29 is 9.53 Å². The summed E-state index contributed by atoms with van der Waals surface area (Å²) in [5.41, 5.74) is -0.154. The molecule has 1 N–H and O–H groups in total. The maximum Gasteiger partial charge on any atom is 0.228 e. The van der Waals surface area contributed by atoms with Gasteiger partial charge in [0.15, 0.2) is 0 Å². The fourth-order valence-electron chi connectivity index (χ4n) is 3.68.